The first-order valence-corrected chi connectivity index (χ1v) is 11.2. The standard InChI is InChI=1S/C19H22N4O3S2/c1-4-23-17-9-8-15(28(20,25)26)11-16(17)22-19(23)27-13(3)18(24)21-14-7-5-6-12(2)10-14/h5-11,13H,4H2,1-3H3,(H,21,24)(H2,20,25,26)/t13-/m1/s1. The molecule has 0 radical (unpaired) electrons. The summed E-state index contributed by atoms with van der Waals surface area (Å²) < 4.78 is 25.1. The smallest absolute Gasteiger partial charge is 0.238 e. The third-order valence-corrected chi connectivity index (χ3v) is 6.27. The summed E-state index contributed by atoms with van der Waals surface area (Å²) in [5.74, 6) is -0.129. The minimum atomic E-state index is -3.80. The lowest BCUT2D eigenvalue weighted by Gasteiger charge is -2.13. The Morgan fingerprint density at radius 1 is 1.29 bits per heavy atom. The van der Waals surface area contributed by atoms with Crippen LogP contribution in [0.15, 0.2) is 52.5 Å². The molecule has 9 heteroatoms. The van der Waals surface area contributed by atoms with E-state index in [-0.39, 0.29) is 16.1 Å². The lowest BCUT2D eigenvalue weighted by atomic mass is 10.2. The summed E-state index contributed by atoms with van der Waals surface area (Å²) in [6, 6.07) is 12.2. The van der Waals surface area contributed by atoms with Gasteiger partial charge in [0.25, 0.3) is 0 Å². The predicted molar refractivity (Wildman–Crippen MR) is 112 cm³/mol. The van der Waals surface area contributed by atoms with Crippen LogP contribution in [-0.4, -0.2) is 29.1 Å². The van der Waals surface area contributed by atoms with Gasteiger partial charge in [0.05, 0.1) is 21.2 Å². The molecule has 3 aromatic rings. The second kappa shape index (κ2) is 7.94. The summed E-state index contributed by atoms with van der Waals surface area (Å²) in [7, 11) is -3.80. The normalized spacial score (nSPS) is 12.9. The van der Waals surface area contributed by atoms with Crippen molar-refractivity contribution in [2.24, 2.45) is 5.14 Å². The summed E-state index contributed by atoms with van der Waals surface area (Å²) in [6.07, 6.45) is 0. The number of hydrogen-bond acceptors (Lipinski definition) is 5. The van der Waals surface area contributed by atoms with Crippen LogP contribution in [-0.2, 0) is 21.4 Å². The average Bonchev–Trinajstić information content (AvgIpc) is 2.97. The van der Waals surface area contributed by atoms with E-state index >= 15 is 0 Å². The van der Waals surface area contributed by atoms with Gasteiger partial charge in [-0.2, -0.15) is 0 Å². The highest BCUT2D eigenvalue weighted by atomic mass is 32.2. The molecule has 0 unspecified atom stereocenters. The molecule has 1 heterocycles. The van der Waals surface area contributed by atoms with E-state index < -0.39 is 10.0 Å². The Morgan fingerprint density at radius 3 is 2.68 bits per heavy atom. The fraction of sp³-hybridized carbons (Fsp3) is 0.263. The monoisotopic (exact) mass is 418 g/mol. The molecule has 0 saturated carbocycles. The maximum atomic E-state index is 12.6. The van der Waals surface area contributed by atoms with Crippen LogP contribution in [0, 0.1) is 6.92 Å². The number of fused-ring (bicyclic) bond motifs is 1. The molecule has 7 nitrogen and oxygen atoms in total. The number of anilines is 1. The van der Waals surface area contributed by atoms with E-state index in [1.807, 2.05) is 49.6 Å². The van der Waals surface area contributed by atoms with Crippen LogP contribution in [0.4, 0.5) is 5.69 Å². The second-order valence-electron chi connectivity index (χ2n) is 6.45. The number of thioether (sulfide) groups is 1. The Labute approximate surface area is 168 Å². The van der Waals surface area contributed by atoms with Gasteiger partial charge in [0, 0.05) is 12.2 Å². The van der Waals surface area contributed by atoms with Gasteiger partial charge in [-0.05, 0) is 56.7 Å². The minimum Gasteiger partial charge on any atom is -0.325 e. The van der Waals surface area contributed by atoms with Gasteiger partial charge in [-0.3, -0.25) is 4.79 Å². The van der Waals surface area contributed by atoms with Gasteiger partial charge < -0.3 is 9.88 Å². The molecule has 0 aliphatic rings. The number of amides is 1. The van der Waals surface area contributed by atoms with E-state index in [2.05, 4.69) is 10.3 Å². The summed E-state index contributed by atoms with van der Waals surface area (Å²) in [5.41, 5.74) is 3.14. The Hall–Kier alpha value is -2.36. The van der Waals surface area contributed by atoms with Crippen molar-refractivity contribution in [2.75, 3.05) is 5.32 Å². The number of carbonyl (C=O) groups excluding carboxylic acids is 1. The van der Waals surface area contributed by atoms with Crippen LogP contribution in [0.25, 0.3) is 11.0 Å². The summed E-state index contributed by atoms with van der Waals surface area (Å²) in [6.45, 7) is 6.38. The van der Waals surface area contributed by atoms with Crippen LogP contribution < -0.4 is 10.5 Å². The molecule has 28 heavy (non-hydrogen) atoms. The van der Waals surface area contributed by atoms with Crippen molar-refractivity contribution in [2.45, 2.75) is 42.6 Å². The van der Waals surface area contributed by atoms with Crippen molar-refractivity contribution in [3.63, 3.8) is 0 Å². The van der Waals surface area contributed by atoms with Gasteiger partial charge in [-0.1, -0.05) is 23.9 Å². The first-order chi connectivity index (χ1) is 13.2. The molecule has 1 aromatic heterocycles. The van der Waals surface area contributed by atoms with E-state index in [0.29, 0.717) is 17.2 Å². The number of nitrogens with one attached hydrogen (secondary N) is 1. The molecule has 0 aliphatic carbocycles. The van der Waals surface area contributed by atoms with Crippen molar-refractivity contribution in [3.05, 3.63) is 48.0 Å². The summed E-state index contributed by atoms with van der Waals surface area (Å²) in [5, 5.41) is 8.38. The van der Waals surface area contributed by atoms with Crippen molar-refractivity contribution in [3.8, 4) is 0 Å². The Morgan fingerprint density at radius 2 is 2.04 bits per heavy atom. The molecule has 0 saturated heterocycles. The lowest BCUT2D eigenvalue weighted by molar-refractivity contribution is -0.115. The third kappa shape index (κ3) is 4.37. The molecule has 1 atom stereocenters. The first-order valence-electron chi connectivity index (χ1n) is 8.76. The van der Waals surface area contributed by atoms with Crippen molar-refractivity contribution >= 4 is 44.4 Å². The van der Waals surface area contributed by atoms with E-state index in [9.17, 15) is 13.2 Å². The Bertz CT molecular complexity index is 1140. The summed E-state index contributed by atoms with van der Waals surface area (Å²) >= 11 is 1.32. The highest BCUT2D eigenvalue weighted by molar-refractivity contribution is 8.00. The molecule has 1 amide bonds. The number of carbonyl (C=O) groups is 1. The third-order valence-electron chi connectivity index (χ3n) is 4.27. The molecule has 0 bridgehead atoms. The molecule has 3 N–H and O–H groups in total. The van der Waals surface area contributed by atoms with Crippen molar-refractivity contribution in [1.29, 1.82) is 0 Å². The van der Waals surface area contributed by atoms with Crippen molar-refractivity contribution in [1.82, 2.24) is 9.55 Å². The Balaban J connectivity index is 1.85. The molecular formula is C19H22N4O3S2. The van der Waals surface area contributed by atoms with Crippen LogP contribution in [0.1, 0.15) is 19.4 Å². The van der Waals surface area contributed by atoms with Gasteiger partial charge in [0.15, 0.2) is 5.16 Å². The van der Waals surface area contributed by atoms with Gasteiger partial charge in [-0.15, -0.1) is 0 Å². The number of aryl methyl sites for hydroxylation is 2. The van der Waals surface area contributed by atoms with Crippen LogP contribution >= 0.6 is 11.8 Å². The van der Waals surface area contributed by atoms with E-state index in [1.165, 1.54) is 23.9 Å². The highest BCUT2D eigenvalue weighted by Gasteiger charge is 2.20. The second-order valence-corrected chi connectivity index (χ2v) is 9.32. The molecule has 0 aliphatic heterocycles. The van der Waals surface area contributed by atoms with E-state index in [4.69, 9.17) is 5.14 Å². The predicted octanol–water partition coefficient (Wildman–Crippen LogP) is 3.13. The Kier molecular flexibility index (Phi) is 5.78. The zero-order valence-corrected chi connectivity index (χ0v) is 17.5. The fourth-order valence-corrected chi connectivity index (χ4v) is 4.36. The van der Waals surface area contributed by atoms with Crippen molar-refractivity contribution < 1.29 is 13.2 Å². The topological polar surface area (TPSA) is 107 Å². The van der Waals surface area contributed by atoms with Gasteiger partial charge in [-0.25, -0.2) is 18.5 Å². The highest BCUT2D eigenvalue weighted by Crippen LogP contribution is 2.29. The average molecular weight is 419 g/mol. The number of imidazole rings is 1. The molecule has 0 fully saturated rings. The number of hydrogen-bond donors (Lipinski definition) is 2. The van der Waals surface area contributed by atoms with Crippen LogP contribution in [0.5, 0.6) is 0 Å². The maximum absolute atomic E-state index is 12.6. The van der Waals surface area contributed by atoms with Crippen LogP contribution in [0.2, 0.25) is 0 Å². The molecular weight excluding hydrogens is 396 g/mol. The number of nitrogens with zero attached hydrogens (tertiary/aromatic N) is 2. The lowest BCUT2D eigenvalue weighted by Crippen LogP contribution is -2.22. The largest absolute Gasteiger partial charge is 0.325 e. The molecule has 3 rings (SSSR count). The van der Waals surface area contributed by atoms with Gasteiger partial charge in [0.1, 0.15) is 0 Å². The zero-order valence-electron chi connectivity index (χ0n) is 15.8. The molecule has 0 spiro atoms. The molecule has 2 aromatic carbocycles. The van der Waals surface area contributed by atoms with Gasteiger partial charge in [0.2, 0.25) is 15.9 Å². The first kappa shape index (κ1) is 20.4. The summed E-state index contributed by atoms with van der Waals surface area (Å²) in [4.78, 5) is 17.1. The number of rotatable bonds is 6. The van der Waals surface area contributed by atoms with E-state index in [0.717, 1.165) is 16.8 Å². The van der Waals surface area contributed by atoms with E-state index in [1.54, 1.807) is 6.07 Å². The number of sulfonamides is 1. The quantitative estimate of drug-likeness (QED) is 0.598. The molecule has 148 valence electrons. The fourth-order valence-electron chi connectivity index (χ4n) is 2.84. The SMILES string of the molecule is CCn1c(S[C@H](C)C(=O)Nc2cccc(C)c2)nc2cc(S(N)(=O)=O)ccc21. The number of nitrogens with two attached hydrogens (primary N) is 1. The van der Waals surface area contributed by atoms with Crippen LogP contribution in [0.3, 0.4) is 0 Å². The number of primary sulfonamides is 1. The maximum Gasteiger partial charge on any atom is 0.238 e. The number of benzene rings is 2. The van der Waals surface area contributed by atoms with Gasteiger partial charge >= 0.3 is 0 Å². The zero-order chi connectivity index (χ0) is 20.5. The minimum absolute atomic E-state index is 0.0162. The number of aromatic nitrogens is 2.